The molecule has 2 aromatic rings. The minimum atomic E-state index is -0.0257. The Bertz CT molecular complexity index is 875. The van der Waals surface area contributed by atoms with Gasteiger partial charge in [0.1, 0.15) is 4.83 Å². The molecule has 2 heterocycles. The zero-order valence-corrected chi connectivity index (χ0v) is 17.8. The molecule has 0 aromatic carbocycles. The molecule has 1 N–H and O–H groups in total. The number of nitrogens with one attached hydrogen (secondary N) is 1. The molecule has 27 heavy (non-hydrogen) atoms. The maximum atomic E-state index is 13.1. The Hall–Kier alpha value is -1.38. The van der Waals surface area contributed by atoms with Gasteiger partial charge in [-0.1, -0.05) is 25.1 Å². The number of carbonyl (C=O) groups is 1. The van der Waals surface area contributed by atoms with E-state index in [-0.39, 0.29) is 23.3 Å². The number of hydrogen-bond donors (Lipinski definition) is 1. The highest BCUT2D eigenvalue weighted by molar-refractivity contribution is 7.99. The molecule has 0 saturated heterocycles. The molecular formula is C19H27N3O3S2. The average Bonchev–Trinajstić information content (AvgIpc) is 3.20. The molecule has 1 amide bonds. The summed E-state index contributed by atoms with van der Waals surface area (Å²) in [4.78, 5) is 32.2. The third-order valence-corrected chi connectivity index (χ3v) is 6.93. The molecule has 2 aromatic heterocycles. The average molecular weight is 410 g/mol. The lowest BCUT2D eigenvalue weighted by molar-refractivity contribution is -0.119. The molecule has 8 heteroatoms. The molecule has 1 aliphatic carbocycles. The number of nitrogens with zero attached hydrogens (tertiary/aromatic N) is 2. The standard InChI is InChI=1S/C19H27N3O3S2/c1-4-6-12(2)20-15(23)11-26-19-21-17-16(13-7-5-8-14(13)27-17)18(24)22(19)9-10-25-3/h12H,4-11H2,1-3H3,(H,20,23)/t12-/m0/s1. The highest BCUT2D eigenvalue weighted by atomic mass is 32.2. The van der Waals surface area contributed by atoms with E-state index in [1.54, 1.807) is 23.0 Å². The number of thiophene rings is 1. The Morgan fingerprint density at radius 1 is 1.44 bits per heavy atom. The zero-order chi connectivity index (χ0) is 19.4. The number of amides is 1. The molecule has 0 fully saturated rings. The number of carbonyl (C=O) groups excluding carboxylic acids is 1. The molecule has 0 saturated carbocycles. The molecular weight excluding hydrogens is 382 g/mol. The summed E-state index contributed by atoms with van der Waals surface area (Å²) in [6.07, 6.45) is 5.10. The molecule has 148 valence electrons. The van der Waals surface area contributed by atoms with Crippen LogP contribution < -0.4 is 10.9 Å². The first-order chi connectivity index (χ1) is 13.0. The van der Waals surface area contributed by atoms with Crippen molar-refractivity contribution in [3.8, 4) is 0 Å². The number of aromatic nitrogens is 2. The van der Waals surface area contributed by atoms with E-state index in [1.165, 1.54) is 22.2 Å². The van der Waals surface area contributed by atoms with Crippen LogP contribution in [0, 0.1) is 0 Å². The van der Waals surface area contributed by atoms with Crippen molar-refractivity contribution in [3.05, 3.63) is 20.8 Å². The van der Waals surface area contributed by atoms with Gasteiger partial charge in [-0.15, -0.1) is 11.3 Å². The second-order valence-electron chi connectivity index (χ2n) is 6.93. The van der Waals surface area contributed by atoms with E-state index in [4.69, 9.17) is 9.72 Å². The monoisotopic (exact) mass is 409 g/mol. The fourth-order valence-electron chi connectivity index (χ4n) is 3.50. The van der Waals surface area contributed by atoms with E-state index in [1.807, 2.05) is 6.92 Å². The largest absolute Gasteiger partial charge is 0.383 e. The van der Waals surface area contributed by atoms with Crippen molar-refractivity contribution in [1.82, 2.24) is 14.9 Å². The number of ether oxygens (including phenoxy) is 1. The van der Waals surface area contributed by atoms with Crippen molar-refractivity contribution >= 4 is 39.2 Å². The van der Waals surface area contributed by atoms with Crippen LogP contribution in [0.15, 0.2) is 9.95 Å². The number of fused-ring (bicyclic) bond motifs is 3. The summed E-state index contributed by atoms with van der Waals surface area (Å²) >= 11 is 2.96. The molecule has 0 radical (unpaired) electrons. The Morgan fingerprint density at radius 3 is 3.00 bits per heavy atom. The summed E-state index contributed by atoms with van der Waals surface area (Å²) in [6, 6.07) is 0.162. The summed E-state index contributed by atoms with van der Waals surface area (Å²) < 4.78 is 6.84. The van der Waals surface area contributed by atoms with Crippen LogP contribution in [-0.4, -0.2) is 41.0 Å². The van der Waals surface area contributed by atoms with Crippen LogP contribution in [-0.2, 0) is 28.9 Å². The molecule has 0 spiro atoms. The van der Waals surface area contributed by atoms with Gasteiger partial charge < -0.3 is 10.1 Å². The summed E-state index contributed by atoms with van der Waals surface area (Å²) in [5.74, 6) is 0.228. The maximum Gasteiger partial charge on any atom is 0.263 e. The van der Waals surface area contributed by atoms with Crippen molar-refractivity contribution in [2.45, 2.75) is 63.7 Å². The Labute approximate surface area is 167 Å². The lowest BCUT2D eigenvalue weighted by Crippen LogP contribution is -2.34. The fourth-order valence-corrected chi connectivity index (χ4v) is 5.64. The van der Waals surface area contributed by atoms with Crippen LogP contribution in [0.25, 0.3) is 10.2 Å². The van der Waals surface area contributed by atoms with Crippen LogP contribution in [0.1, 0.15) is 43.6 Å². The Kier molecular flexibility index (Phi) is 6.94. The van der Waals surface area contributed by atoms with E-state index in [2.05, 4.69) is 12.2 Å². The van der Waals surface area contributed by atoms with Gasteiger partial charge in [0.2, 0.25) is 5.91 Å². The number of rotatable bonds is 9. The van der Waals surface area contributed by atoms with Crippen molar-refractivity contribution in [3.63, 3.8) is 0 Å². The zero-order valence-electron chi connectivity index (χ0n) is 16.2. The SMILES string of the molecule is CCC[C@H](C)NC(=O)CSc1nc2sc3c(c2c(=O)n1CCOC)CCC3. The highest BCUT2D eigenvalue weighted by Gasteiger charge is 2.23. The molecule has 0 aliphatic heterocycles. The topological polar surface area (TPSA) is 73.2 Å². The minimum absolute atomic E-state index is 0.00120. The van der Waals surface area contributed by atoms with Gasteiger partial charge in [-0.05, 0) is 38.2 Å². The third kappa shape index (κ3) is 4.55. The van der Waals surface area contributed by atoms with Gasteiger partial charge in [-0.2, -0.15) is 0 Å². The van der Waals surface area contributed by atoms with Crippen LogP contribution in [0.5, 0.6) is 0 Å². The van der Waals surface area contributed by atoms with Gasteiger partial charge in [-0.25, -0.2) is 4.98 Å². The number of methoxy groups -OCH3 is 1. The number of hydrogen-bond acceptors (Lipinski definition) is 6. The maximum absolute atomic E-state index is 13.1. The molecule has 0 bridgehead atoms. The quantitative estimate of drug-likeness (QED) is 0.509. The fraction of sp³-hybridized carbons (Fsp3) is 0.632. The van der Waals surface area contributed by atoms with Gasteiger partial charge >= 0.3 is 0 Å². The number of aryl methyl sites for hydroxylation is 2. The van der Waals surface area contributed by atoms with E-state index in [0.29, 0.717) is 18.3 Å². The predicted octanol–water partition coefficient (Wildman–Crippen LogP) is 2.99. The van der Waals surface area contributed by atoms with Gasteiger partial charge in [0, 0.05) is 18.0 Å². The van der Waals surface area contributed by atoms with Gasteiger partial charge in [0.15, 0.2) is 5.16 Å². The Balaban J connectivity index is 1.85. The number of thioether (sulfide) groups is 1. The van der Waals surface area contributed by atoms with Crippen molar-refractivity contribution in [1.29, 1.82) is 0 Å². The molecule has 1 atom stereocenters. The molecule has 1 aliphatic rings. The highest BCUT2D eigenvalue weighted by Crippen LogP contribution is 2.35. The normalized spacial score (nSPS) is 14.5. The molecule has 3 rings (SSSR count). The summed E-state index contributed by atoms with van der Waals surface area (Å²) in [5.41, 5.74) is 1.18. The Morgan fingerprint density at radius 2 is 2.26 bits per heavy atom. The van der Waals surface area contributed by atoms with Gasteiger partial charge in [0.25, 0.3) is 5.56 Å². The lowest BCUT2D eigenvalue weighted by atomic mass is 10.2. The van der Waals surface area contributed by atoms with E-state index >= 15 is 0 Å². The van der Waals surface area contributed by atoms with Gasteiger partial charge in [0.05, 0.1) is 24.3 Å². The second kappa shape index (κ2) is 9.21. The van der Waals surface area contributed by atoms with Crippen LogP contribution in [0.3, 0.4) is 0 Å². The van der Waals surface area contributed by atoms with Crippen LogP contribution in [0.4, 0.5) is 0 Å². The minimum Gasteiger partial charge on any atom is -0.383 e. The summed E-state index contributed by atoms with van der Waals surface area (Å²) in [5, 5.41) is 4.37. The second-order valence-corrected chi connectivity index (χ2v) is 8.95. The summed E-state index contributed by atoms with van der Waals surface area (Å²) in [6.45, 7) is 4.99. The van der Waals surface area contributed by atoms with Crippen LogP contribution in [0.2, 0.25) is 0 Å². The first kappa shape index (κ1) is 20.4. The molecule has 6 nitrogen and oxygen atoms in total. The van der Waals surface area contributed by atoms with Crippen molar-refractivity contribution in [2.24, 2.45) is 0 Å². The van der Waals surface area contributed by atoms with E-state index in [0.717, 1.165) is 42.3 Å². The lowest BCUT2D eigenvalue weighted by Gasteiger charge is -2.14. The van der Waals surface area contributed by atoms with Crippen molar-refractivity contribution < 1.29 is 9.53 Å². The van der Waals surface area contributed by atoms with Crippen molar-refractivity contribution in [2.75, 3.05) is 19.5 Å². The smallest absolute Gasteiger partial charge is 0.263 e. The third-order valence-electron chi connectivity index (χ3n) is 4.77. The predicted molar refractivity (Wildman–Crippen MR) is 111 cm³/mol. The van der Waals surface area contributed by atoms with E-state index in [9.17, 15) is 9.59 Å². The summed E-state index contributed by atoms with van der Waals surface area (Å²) in [7, 11) is 1.62. The van der Waals surface area contributed by atoms with Crippen LogP contribution >= 0.6 is 23.1 Å². The first-order valence-electron chi connectivity index (χ1n) is 9.51. The van der Waals surface area contributed by atoms with E-state index < -0.39 is 0 Å². The van der Waals surface area contributed by atoms with Gasteiger partial charge in [-0.3, -0.25) is 14.2 Å². The molecule has 0 unspecified atom stereocenters. The first-order valence-corrected chi connectivity index (χ1v) is 11.3.